The monoisotopic (exact) mass is 184 g/mol. The molecule has 8 nitrogen and oxygen atoms in total. The fraction of sp³-hybridized carbons (Fsp3) is 0.200. The molecule has 0 saturated carbocycles. The van der Waals surface area contributed by atoms with Crippen molar-refractivity contribution in [3.63, 3.8) is 0 Å². The predicted molar refractivity (Wildman–Crippen MR) is 45.6 cm³/mol. The van der Waals surface area contributed by atoms with Crippen LogP contribution in [0.4, 0.5) is 17.3 Å². The quantitative estimate of drug-likeness (QED) is 0.322. The second-order valence-electron chi connectivity index (χ2n) is 2.25. The van der Waals surface area contributed by atoms with Crippen LogP contribution in [0.15, 0.2) is 0 Å². The largest absolute Gasteiger partial charge is 0.378 e. The second-order valence-corrected chi connectivity index (χ2v) is 2.25. The molecule has 0 radical (unpaired) electrons. The van der Waals surface area contributed by atoms with E-state index in [-0.39, 0.29) is 11.6 Å². The van der Waals surface area contributed by atoms with E-state index >= 15 is 0 Å². The molecule has 0 amide bonds. The number of nitrogens with zero attached hydrogens (tertiary/aromatic N) is 3. The van der Waals surface area contributed by atoms with Crippen LogP contribution in [0.25, 0.3) is 0 Å². The lowest BCUT2D eigenvalue weighted by Gasteiger charge is -2.03. The molecule has 0 aromatic carbocycles. The van der Waals surface area contributed by atoms with Crippen LogP contribution in [-0.2, 0) is 0 Å². The van der Waals surface area contributed by atoms with Gasteiger partial charge in [0.05, 0.1) is 4.92 Å². The number of hydrazine groups is 1. The van der Waals surface area contributed by atoms with Crippen LogP contribution in [0, 0.1) is 17.0 Å². The van der Waals surface area contributed by atoms with Gasteiger partial charge in [0.1, 0.15) is 5.82 Å². The van der Waals surface area contributed by atoms with Crippen LogP contribution in [0.5, 0.6) is 0 Å². The van der Waals surface area contributed by atoms with E-state index in [0.717, 1.165) is 0 Å². The number of aryl methyl sites for hydroxylation is 1. The van der Waals surface area contributed by atoms with Gasteiger partial charge in [-0.3, -0.25) is 10.1 Å². The Morgan fingerprint density at radius 1 is 1.54 bits per heavy atom. The lowest BCUT2D eigenvalue weighted by Crippen LogP contribution is -2.14. The third kappa shape index (κ3) is 1.62. The maximum absolute atomic E-state index is 10.5. The summed E-state index contributed by atoms with van der Waals surface area (Å²) >= 11 is 0. The van der Waals surface area contributed by atoms with Crippen molar-refractivity contribution in [2.24, 2.45) is 5.84 Å². The molecule has 8 heteroatoms. The van der Waals surface area contributed by atoms with E-state index in [1.807, 2.05) is 0 Å². The van der Waals surface area contributed by atoms with E-state index in [0.29, 0.717) is 5.82 Å². The first-order chi connectivity index (χ1) is 6.06. The summed E-state index contributed by atoms with van der Waals surface area (Å²) < 4.78 is 0. The normalized spacial score (nSPS) is 9.69. The maximum Gasteiger partial charge on any atom is 0.354 e. The van der Waals surface area contributed by atoms with Crippen molar-refractivity contribution in [3.8, 4) is 0 Å². The first kappa shape index (κ1) is 9.13. The number of nitrogens with two attached hydrogens (primary N) is 2. The van der Waals surface area contributed by atoms with Gasteiger partial charge in [-0.05, 0) is 6.92 Å². The zero-order valence-electron chi connectivity index (χ0n) is 6.81. The first-order valence-corrected chi connectivity index (χ1v) is 3.31. The lowest BCUT2D eigenvalue weighted by atomic mass is 10.4. The van der Waals surface area contributed by atoms with Crippen LogP contribution < -0.4 is 17.0 Å². The summed E-state index contributed by atoms with van der Waals surface area (Å²) in [6, 6.07) is 0. The summed E-state index contributed by atoms with van der Waals surface area (Å²) in [5.41, 5.74) is 6.99. The predicted octanol–water partition coefficient (Wildman–Crippen LogP) is -0.439. The Labute approximate surface area is 73.1 Å². The fourth-order valence-electron chi connectivity index (χ4n) is 0.869. The Morgan fingerprint density at radius 2 is 2.15 bits per heavy atom. The van der Waals surface area contributed by atoms with E-state index in [9.17, 15) is 10.1 Å². The van der Waals surface area contributed by atoms with Crippen molar-refractivity contribution in [2.75, 3.05) is 11.2 Å². The molecule has 0 aliphatic carbocycles. The number of nitro groups is 1. The standard InChI is InChI=1S/C5H8N6O2/c1-2-8-4(6)3(11(12)13)5(9-2)10-7/h7H2,1H3,(H3,6,8,9,10). The number of aromatic nitrogens is 2. The van der Waals surface area contributed by atoms with E-state index in [4.69, 9.17) is 11.6 Å². The average molecular weight is 184 g/mol. The van der Waals surface area contributed by atoms with Crippen molar-refractivity contribution in [2.45, 2.75) is 6.92 Å². The van der Waals surface area contributed by atoms with Crippen LogP contribution in [0.1, 0.15) is 5.82 Å². The summed E-state index contributed by atoms with van der Waals surface area (Å²) in [5.74, 6) is 5.05. The summed E-state index contributed by atoms with van der Waals surface area (Å²) in [5, 5.41) is 10.5. The molecule has 13 heavy (non-hydrogen) atoms. The highest BCUT2D eigenvalue weighted by atomic mass is 16.6. The molecule has 1 aromatic heterocycles. The highest BCUT2D eigenvalue weighted by Gasteiger charge is 2.20. The SMILES string of the molecule is Cc1nc(N)c([N+](=O)[O-])c(NN)n1. The van der Waals surface area contributed by atoms with E-state index in [1.165, 1.54) is 0 Å². The van der Waals surface area contributed by atoms with Crippen LogP contribution in [0.2, 0.25) is 0 Å². The maximum atomic E-state index is 10.5. The fourth-order valence-corrected chi connectivity index (χ4v) is 0.869. The highest BCUT2D eigenvalue weighted by Crippen LogP contribution is 2.26. The number of nitrogen functional groups attached to an aromatic ring is 2. The molecular weight excluding hydrogens is 176 g/mol. The third-order valence-corrected chi connectivity index (χ3v) is 1.34. The van der Waals surface area contributed by atoms with Gasteiger partial charge in [0, 0.05) is 0 Å². The third-order valence-electron chi connectivity index (χ3n) is 1.34. The molecule has 0 atom stereocenters. The van der Waals surface area contributed by atoms with Gasteiger partial charge in [-0.25, -0.2) is 15.8 Å². The van der Waals surface area contributed by atoms with Gasteiger partial charge >= 0.3 is 5.69 Å². The van der Waals surface area contributed by atoms with Gasteiger partial charge < -0.3 is 11.2 Å². The van der Waals surface area contributed by atoms with E-state index in [1.54, 1.807) is 6.92 Å². The van der Waals surface area contributed by atoms with Crippen LogP contribution in [-0.4, -0.2) is 14.9 Å². The van der Waals surface area contributed by atoms with Crippen molar-refractivity contribution in [3.05, 3.63) is 15.9 Å². The smallest absolute Gasteiger partial charge is 0.354 e. The molecule has 0 fully saturated rings. The minimum atomic E-state index is -0.691. The van der Waals surface area contributed by atoms with Gasteiger partial charge in [-0.15, -0.1) is 0 Å². The van der Waals surface area contributed by atoms with Gasteiger partial charge in [-0.1, -0.05) is 0 Å². The molecule has 0 spiro atoms. The first-order valence-electron chi connectivity index (χ1n) is 3.31. The molecule has 0 bridgehead atoms. The molecule has 0 aliphatic rings. The number of anilines is 2. The van der Waals surface area contributed by atoms with Gasteiger partial charge in [0.2, 0.25) is 11.6 Å². The number of hydrogen-bond acceptors (Lipinski definition) is 7. The zero-order valence-corrected chi connectivity index (χ0v) is 6.81. The minimum Gasteiger partial charge on any atom is -0.378 e. The molecule has 1 rings (SSSR count). The Morgan fingerprint density at radius 3 is 2.62 bits per heavy atom. The molecule has 5 N–H and O–H groups in total. The number of hydrogen-bond donors (Lipinski definition) is 3. The molecule has 0 saturated heterocycles. The Balaban J connectivity index is 3.38. The molecule has 1 heterocycles. The topological polar surface area (TPSA) is 133 Å². The Kier molecular flexibility index (Phi) is 2.24. The lowest BCUT2D eigenvalue weighted by molar-refractivity contribution is -0.383. The summed E-state index contributed by atoms with van der Waals surface area (Å²) in [6.07, 6.45) is 0. The summed E-state index contributed by atoms with van der Waals surface area (Å²) in [4.78, 5) is 17.1. The summed E-state index contributed by atoms with van der Waals surface area (Å²) in [7, 11) is 0. The van der Waals surface area contributed by atoms with Crippen molar-refractivity contribution < 1.29 is 4.92 Å². The highest BCUT2D eigenvalue weighted by molar-refractivity contribution is 5.67. The average Bonchev–Trinajstić information content (AvgIpc) is 2.01. The van der Waals surface area contributed by atoms with E-state index < -0.39 is 10.6 Å². The molecule has 70 valence electrons. The van der Waals surface area contributed by atoms with Crippen LogP contribution in [0.3, 0.4) is 0 Å². The second kappa shape index (κ2) is 3.19. The van der Waals surface area contributed by atoms with Gasteiger partial charge in [0.15, 0.2) is 0 Å². The molecule has 1 aromatic rings. The molecular formula is C5H8N6O2. The van der Waals surface area contributed by atoms with Crippen molar-refractivity contribution >= 4 is 17.3 Å². The van der Waals surface area contributed by atoms with E-state index in [2.05, 4.69) is 15.4 Å². The minimum absolute atomic E-state index is 0.0880. The number of rotatable bonds is 2. The molecule has 0 aliphatic heterocycles. The zero-order chi connectivity index (χ0) is 10.0. The van der Waals surface area contributed by atoms with Gasteiger partial charge in [-0.2, -0.15) is 0 Å². The Hall–Kier alpha value is -1.96. The van der Waals surface area contributed by atoms with Gasteiger partial charge in [0.25, 0.3) is 0 Å². The molecule has 0 unspecified atom stereocenters. The van der Waals surface area contributed by atoms with Crippen LogP contribution >= 0.6 is 0 Å². The van der Waals surface area contributed by atoms with Crippen molar-refractivity contribution in [1.29, 1.82) is 0 Å². The Bertz CT molecular complexity index is 351. The summed E-state index contributed by atoms with van der Waals surface area (Å²) in [6.45, 7) is 1.56. The number of nitrogens with one attached hydrogen (secondary N) is 1. The van der Waals surface area contributed by atoms with Crippen molar-refractivity contribution in [1.82, 2.24) is 9.97 Å².